The van der Waals surface area contributed by atoms with Crippen molar-refractivity contribution < 1.29 is 19.1 Å². The minimum Gasteiger partial charge on any atom is -0.493 e. The first-order chi connectivity index (χ1) is 15.0. The summed E-state index contributed by atoms with van der Waals surface area (Å²) >= 11 is 0. The standard InChI is InChI=1S/C25H37N3O4.ClH/c1-8-10-18-11-12-20(21(15-18)31-7)32-17(2)22(29)26-13-9-14-27-23(30)19-16-24(3,4)28-25(19,5)6;/h8,10-12,15-17,28H,9,13-14H2,1-7H3,(H,26,29)(H,27,30);1H/b10-8+;. The van der Waals surface area contributed by atoms with E-state index in [2.05, 4.69) is 16.0 Å². The Morgan fingerprint density at radius 1 is 1.12 bits per heavy atom. The van der Waals surface area contributed by atoms with Gasteiger partial charge in [0.15, 0.2) is 17.6 Å². The van der Waals surface area contributed by atoms with Gasteiger partial charge in [-0.25, -0.2) is 0 Å². The molecule has 8 heteroatoms. The molecule has 184 valence electrons. The number of rotatable bonds is 10. The van der Waals surface area contributed by atoms with Gasteiger partial charge in [-0.05, 0) is 65.7 Å². The monoisotopic (exact) mass is 479 g/mol. The Balaban J connectivity index is 0.00000544. The number of hydrogen-bond acceptors (Lipinski definition) is 5. The molecule has 0 bridgehead atoms. The second-order valence-corrected chi connectivity index (χ2v) is 9.10. The van der Waals surface area contributed by atoms with E-state index in [1.54, 1.807) is 20.1 Å². The molecule has 2 rings (SSSR count). The molecule has 0 saturated heterocycles. The summed E-state index contributed by atoms with van der Waals surface area (Å²) in [4.78, 5) is 24.9. The number of hydrogen-bond donors (Lipinski definition) is 3. The molecule has 0 fully saturated rings. The molecule has 1 aromatic carbocycles. The van der Waals surface area contributed by atoms with E-state index < -0.39 is 6.10 Å². The van der Waals surface area contributed by atoms with Crippen LogP contribution in [0.4, 0.5) is 0 Å². The number of allylic oxidation sites excluding steroid dienone is 1. The lowest BCUT2D eigenvalue weighted by Gasteiger charge is -2.27. The Labute approximate surface area is 203 Å². The van der Waals surface area contributed by atoms with E-state index in [0.29, 0.717) is 31.0 Å². The van der Waals surface area contributed by atoms with Crippen LogP contribution < -0.4 is 25.4 Å². The first-order valence-corrected chi connectivity index (χ1v) is 11.0. The highest BCUT2D eigenvalue weighted by Crippen LogP contribution is 2.30. The van der Waals surface area contributed by atoms with Gasteiger partial charge in [0.2, 0.25) is 5.91 Å². The average Bonchev–Trinajstić information content (AvgIpc) is 2.95. The molecule has 0 saturated carbocycles. The summed E-state index contributed by atoms with van der Waals surface area (Å²) in [6, 6.07) is 5.56. The van der Waals surface area contributed by atoms with E-state index >= 15 is 0 Å². The van der Waals surface area contributed by atoms with Crippen molar-refractivity contribution in [2.75, 3.05) is 20.2 Å². The van der Waals surface area contributed by atoms with E-state index in [1.165, 1.54) is 0 Å². The third-order valence-electron chi connectivity index (χ3n) is 5.22. The SMILES string of the molecule is C/C=C/c1ccc(OC(C)C(=O)NCCCNC(=O)C2=CC(C)(C)NC2(C)C)c(OC)c1.Cl. The van der Waals surface area contributed by atoms with Crippen molar-refractivity contribution in [3.05, 3.63) is 41.5 Å². The molecule has 7 nitrogen and oxygen atoms in total. The zero-order valence-electron chi connectivity index (χ0n) is 20.7. The van der Waals surface area contributed by atoms with Gasteiger partial charge < -0.3 is 20.1 Å². The molecule has 0 aliphatic carbocycles. The van der Waals surface area contributed by atoms with Gasteiger partial charge in [0, 0.05) is 29.7 Å². The third kappa shape index (κ3) is 8.09. The maximum atomic E-state index is 12.5. The zero-order valence-corrected chi connectivity index (χ0v) is 21.5. The van der Waals surface area contributed by atoms with Crippen LogP contribution in [0.5, 0.6) is 11.5 Å². The Kier molecular flexibility index (Phi) is 10.5. The maximum Gasteiger partial charge on any atom is 0.260 e. The minimum absolute atomic E-state index is 0. The largest absolute Gasteiger partial charge is 0.493 e. The lowest BCUT2D eigenvalue weighted by atomic mass is 9.96. The topological polar surface area (TPSA) is 88.7 Å². The predicted molar refractivity (Wildman–Crippen MR) is 135 cm³/mol. The second-order valence-electron chi connectivity index (χ2n) is 9.10. The summed E-state index contributed by atoms with van der Waals surface area (Å²) in [6.07, 6.45) is 5.82. The van der Waals surface area contributed by atoms with Gasteiger partial charge in [-0.15, -0.1) is 12.4 Å². The molecular formula is C25H38ClN3O4. The Bertz CT molecular complexity index is 894. The lowest BCUT2D eigenvalue weighted by Crippen LogP contribution is -2.47. The molecular weight excluding hydrogens is 442 g/mol. The van der Waals surface area contributed by atoms with Crippen molar-refractivity contribution in [2.45, 2.75) is 65.1 Å². The summed E-state index contributed by atoms with van der Waals surface area (Å²) in [6.45, 7) is 12.6. The Morgan fingerprint density at radius 2 is 1.79 bits per heavy atom. The number of carbonyl (C=O) groups excluding carboxylic acids is 2. The summed E-state index contributed by atoms with van der Waals surface area (Å²) in [5.74, 6) is 0.787. The van der Waals surface area contributed by atoms with Crippen molar-refractivity contribution in [1.29, 1.82) is 0 Å². The molecule has 1 aliphatic heterocycles. The molecule has 33 heavy (non-hydrogen) atoms. The number of methoxy groups -OCH3 is 1. The number of nitrogens with one attached hydrogen (secondary N) is 3. The van der Waals surface area contributed by atoms with Crippen LogP contribution in [0.25, 0.3) is 6.08 Å². The molecule has 1 aromatic rings. The number of halogens is 1. The lowest BCUT2D eigenvalue weighted by molar-refractivity contribution is -0.127. The Hall–Kier alpha value is -2.51. The number of benzene rings is 1. The van der Waals surface area contributed by atoms with E-state index in [-0.39, 0.29) is 35.3 Å². The van der Waals surface area contributed by atoms with Crippen molar-refractivity contribution in [3.8, 4) is 11.5 Å². The highest BCUT2D eigenvalue weighted by molar-refractivity contribution is 5.96. The van der Waals surface area contributed by atoms with Gasteiger partial charge in [0.05, 0.1) is 7.11 Å². The van der Waals surface area contributed by atoms with Crippen LogP contribution in [-0.4, -0.2) is 49.2 Å². The summed E-state index contributed by atoms with van der Waals surface area (Å²) < 4.78 is 11.2. The second kappa shape index (κ2) is 12.1. The van der Waals surface area contributed by atoms with E-state index in [4.69, 9.17) is 9.47 Å². The highest BCUT2D eigenvalue weighted by Gasteiger charge is 2.39. The third-order valence-corrected chi connectivity index (χ3v) is 5.22. The molecule has 3 N–H and O–H groups in total. The van der Waals surface area contributed by atoms with Gasteiger partial charge in [-0.3, -0.25) is 14.9 Å². The van der Waals surface area contributed by atoms with Crippen molar-refractivity contribution in [1.82, 2.24) is 16.0 Å². The number of carbonyl (C=O) groups is 2. The van der Waals surface area contributed by atoms with Crippen LogP contribution in [0.3, 0.4) is 0 Å². The molecule has 2 amide bonds. The van der Waals surface area contributed by atoms with Crippen LogP contribution in [0.1, 0.15) is 53.5 Å². The summed E-state index contributed by atoms with van der Waals surface area (Å²) in [5.41, 5.74) is 1.14. The van der Waals surface area contributed by atoms with E-state index in [9.17, 15) is 9.59 Å². The summed E-state index contributed by atoms with van der Waals surface area (Å²) in [7, 11) is 1.57. The minimum atomic E-state index is -0.677. The fourth-order valence-electron chi connectivity index (χ4n) is 3.86. The number of amides is 2. The first kappa shape index (κ1) is 28.5. The van der Waals surface area contributed by atoms with Gasteiger partial charge in [-0.1, -0.05) is 24.3 Å². The van der Waals surface area contributed by atoms with Crippen LogP contribution in [0, 0.1) is 0 Å². The van der Waals surface area contributed by atoms with Crippen LogP contribution in [-0.2, 0) is 9.59 Å². The average molecular weight is 480 g/mol. The fraction of sp³-hybridized carbons (Fsp3) is 0.520. The highest BCUT2D eigenvalue weighted by atomic mass is 35.5. The predicted octanol–water partition coefficient (Wildman–Crippen LogP) is 3.63. The quantitative estimate of drug-likeness (QED) is 0.446. The summed E-state index contributed by atoms with van der Waals surface area (Å²) in [5, 5.41) is 9.22. The van der Waals surface area contributed by atoms with E-state index in [1.807, 2.05) is 65.0 Å². The van der Waals surface area contributed by atoms with Crippen LogP contribution >= 0.6 is 12.4 Å². The van der Waals surface area contributed by atoms with Crippen molar-refractivity contribution in [3.63, 3.8) is 0 Å². The molecule has 0 radical (unpaired) electrons. The fourth-order valence-corrected chi connectivity index (χ4v) is 3.86. The normalized spacial score (nSPS) is 17.0. The molecule has 1 unspecified atom stereocenters. The number of ether oxygens (including phenoxy) is 2. The smallest absolute Gasteiger partial charge is 0.260 e. The molecule has 0 aromatic heterocycles. The zero-order chi connectivity index (χ0) is 23.9. The molecule has 1 atom stereocenters. The van der Waals surface area contributed by atoms with Crippen molar-refractivity contribution >= 4 is 30.3 Å². The van der Waals surface area contributed by atoms with Crippen LogP contribution in [0.2, 0.25) is 0 Å². The van der Waals surface area contributed by atoms with Crippen molar-refractivity contribution in [2.24, 2.45) is 0 Å². The Morgan fingerprint density at radius 3 is 2.36 bits per heavy atom. The van der Waals surface area contributed by atoms with Gasteiger partial charge >= 0.3 is 0 Å². The van der Waals surface area contributed by atoms with Gasteiger partial charge in [-0.2, -0.15) is 0 Å². The molecule has 1 aliphatic rings. The van der Waals surface area contributed by atoms with Gasteiger partial charge in [0.1, 0.15) is 0 Å². The van der Waals surface area contributed by atoms with E-state index in [0.717, 1.165) is 11.1 Å². The van der Waals surface area contributed by atoms with Gasteiger partial charge in [0.25, 0.3) is 5.91 Å². The first-order valence-electron chi connectivity index (χ1n) is 11.0. The molecule has 1 heterocycles. The van der Waals surface area contributed by atoms with Crippen LogP contribution in [0.15, 0.2) is 35.9 Å². The maximum absolute atomic E-state index is 12.5. The molecule has 0 spiro atoms.